The second-order valence-electron chi connectivity index (χ2n) is 3.41. The smallest absolute Gasteiger partial charge is 0.101 e. The molecule has 66 valence electrons. The van der Waals surface area contributed by atoms with Crippen LogP contribution in [0.2, 0.25) is 0 Å². The lowest BCUT2D eigenvalue weighted by molar-refractivity contribution is 0.553. The highest BCUT2D eigenvalue weighted by molar-refractivity contribution is 9.11. The second-order valence-corrected chi connectivity index (χ2v) is 5.82. The van der Waals surface area contributed by atoms with E-state index in [2.05, 4.69) is 27.8 Å². The first-order valence-corrected chi connectivity index (χ1v) is 5.63. The van der Waals surface area contributed by atoms with Crippen LogP contribution in [-0.2, 0) is 5.41 Å². The fourth-order valence-electron chi connectivity index (χ4n) is 1.48. The van der Waals surface area contributed by atoms with Gasteiger partial charge in [-0.3, -0.25) is 0 Å². The van der Waals surface area contributed by atoms with Crippen molar-refractivity contribution >= 4 is 27.3 Å². The summed E-state index contributed by atoms with van der Waals surface area (Å²) < 4.78 is 1.10. The molecular formula is C8H11BrN2S. The third kappa shape index (κ3) is 1.22. The number of halogens is 1. The summed E-state index contributed by atoms with van der Waals surface area (Å²) >= 11 is 5.13. The largest absolute Gasteiger partial charge is 0.327 e. The molecule has 2 nitrogen and oxygen atoms in total. The Balaban J connectivity index is 2.30. The third-order valence-corrected chi connectivity index (χ3v) is 4.26. The number of nitrogens with two attached hydrogens (primary N) is 1. The topological polar surface area (TPSA) is 38.9 Å². The molecule has 4 heteroatoms. The maximum Gasteiger partial charge on any atom is 0.101 e. The second kappa shape index (κ2) is 2.79. The fourth-order valence-corrected chi connectivity index (χ4v) is 3.03. The maximum atomic E-state index is 5.93. The first-order chi connectivity index (χ1) is 5.65. The molecule has 0 bridgehead atoms. The molecular weight excluding hydrogens is 236 g/mol. The van der Waals surface area contributed by atoms with Crippen molar-refractivity contribution in [2.45, 2.75) is 31.2 Å². The average Bonchev–Trinajstić information content (AvgIpc) is 2.71. The van der Waals surface area contributed by atoms with Gasteiger partial charge >= 0.3 is 0 Å². The lowest BCUT2D eigenvalue weighted by Crippen LogP contribution is -2.31. The summed E-state index contributed by atoms with van der Waals surface area (Å²) in [5.74, 6) is 0. The van der Waals surface area contributed by atoms with E-state index in [1.54, 1.807) is 11.3 Å². The zero-order valence-electron chi connectivity index (χ0n) is 6.88. The highest BCUT2D eigenvalue weighted by Crippen LogP contribution is 2.51. The Morgan fingerprint density at radius 2 is 2.42 bits per heavy atom. The van der Waals surface area contributed by atoms with Gasteiger partial charge in [-0.05, 0) is 35.7 Å². The van der Waals surface area contributed by atoms with Gasteiger partial charge in [0.1, 0.15) is 5.01 Å². The molecule has 1 aromatic heterocycles. The minimum Gasteiger partial charge on any atom is -0.327 e. The van der Waals surface area contributed by atoms with Crippen LogP contribution in [0, 0.1) is 0 Å². The van der Waals surface area contributed by atoms with Crippen LogP contribution in [0.5, 0.6) is 0 Å². The molecule has 1 fully saturated rings. The average molecular weight is 247 g/mol. The van der Waals surface area contributed by atoms with Crippen LogP contribution in [0.3, 0.4) is 0 Å². The van der Waals surface area contributed by atoms with Crippen molar-refractivity contribution in [2.75, 3.05) is 0 Å². The van der Waals surface area contributed by atoms with E-state index in [4.69, 9.17) is 5.73 Å². The van der Waals surface area contributed by atoms with Crippen LogP contribution in [0.1, 0.15) is 24.8 Å². The van der Waals surface area contributed by atoms with Gasteiger partial charge in [0.05, 0.1) is 9.98 Å². The molecule has 0 radical (unpaired) electrons. The van der Waals surface area contributed by atoms with E-state index in [1.165, 1.54) is 17.8 Å². The van der Waals surface area contributed by atoms with Crippen molar-refractivity contribution in [3.05, 3.63) is 15.0 Å². The van der Waals surface area contributed by atoms with Gasteiger partial charge in [0.15, 0.2) is 0 Å². The molecule has 1 aliphatic carbocycles. The van der Waals surface area contributed by atoms with Gasteiger partial charge in [0, 0.05) is 11.5 Å². The summed E-state index contributed by atoms with van der Waals surface area (Å²) in [6.45, 7) is 2.07. The molecule has 0 spiro atoms. The molecule has 2 N–H and O–H groups in total. The zero-order chi connectivity index (χ0) is 8.77. The van der Waals surface area contributed by atoms with Crippen molar-refractivity contribution in [1.29, 1.82) is 0 Å². The van der Waals surface area contributed by atoms with E-state index >= 15 is 0 Å². The van der Waals surface area contributed by atoms with Crippen molar-refractivity contribution in [1.82, 2.24) is 4.98 Å². The van der Waals surface area contributed by atoms with Crippen LogP contribution >= 0.6 is 27.3 Å². The van der Waals surface area contributed by atoms with Crippen LogP contribution in [-0.4, -0.2) is 11.0 Å². The van der Waals surface area contributed by atoms with E-state index in [0.717, 1.165) is 3.79 Å². The Hall–Kier alpha value is 0.0700. The van der Waals surface area contributed by atoms with Gasteiger partial charge in [-0.2, -0.15) is 0 Å². The maximum absolute atomic E-state index is 5.93. The lowest BCUT2D eigenvalue weighted by Gasteiger charge is -2.15. The quantitative estimate of drug-likeness (QED) is 0.870. The molecule has 1 heterocycles. The van der Waals surface area contributed by atoms with Crippen LogP contribution < -0.4 is 5.73 Å². The summed E-state index contributed by atoms with van der Waals surface area (Å²) in [5.41, 5.74) is 6.14. The SMILES string of the molecule is CC(N)C1(c2ncc(Br)s2)CC1. The van der Waals surface area contributed by atoms with Crippen molar-refractivity contribution in [2.24, 2.45) is 5.73 Å². The summed E-state index contributed by atoms with van der Waals surface area (Å²) in [5, 5.41) is 1.20. The van der Waals surface area contributed by atoms with Gasteiger partial charge in [-0.1, -0.05) is 0 Å². The number of thiazole rings is 1. The van der Waals surface area contributed by atoms with E-state index < -0.39 is 0 Å². The van der Waals surface area contributed by atoms with Crippen LogP contribution in [0.4, 0.5) is 0 Å². The third-order valence-electron chi connectivity index (χ3n) is 2.56. The highest BCUT2D eigenvalue weighted by Gasteiger charge is 2.49. The zero-order valence-corrected chi connectivity index (χ0v) is 9.28. The molecule has 1 unspecified atom stereocenters. The molecule has 0 aromatic carbocycles. The monoisotopic (exact) mass is 246 g/mol. The number of aromatic nitrogens is 1. The molecule has 1 atom stereocenters. The van der Waals surface area contributed by atoms with E-state index in [1.807, 2.05) is 6.20 Å². The van der Waals surface area contributed by atoms with Crippen LogP contribution in [0.15, 0.2) is 9.98 Å². The summed E-state index contributed by atoms with van der Waals surface area (Å²) in [6.07, 6.45) is 4.26. The number of rotatable bonds is 2. The van der Waals surface area contributed by atoms with Crippen molar-refractivity contribution in [3.8, 4) is 0 Å². The normalized spacial score (nSPS) is 22.2. The lowest BCUT2D eigenvalue weighted by atomic mass is 10.0. The predicted molar refractivity (Wildman–Crippen MR) is 54.4 cm³/mol. The molecule has 1 aliphatic rings. The molecule has 2 rings (SSSR count). The van der Waals surface area contributed by atoms with Gasteiger partial charge in [-0.15, -0.1) is 11.3 Å². The highest BCUT2D eigenvalue weighted by atomic mass is 79.9. The molecule has 1 saturated carbocycles. The Morgan fingerprint density at radius 3 is 2.75 bits per heavy atom. The Labute approximate surface area is 84.3 Å². The standard InChI is InChI=1S/C8H11BrN2S/c1-5(10)8(2-3-8)7-11-4-6(9)12-7/h4-5H,2-3,10H2,1H3. The molecule has 0 aliphatic heterocycles. The Kier molecular flexibility index (Phi) is 2.01. The Morgan fingerprint density at radius 1 is 1.75 bits per heavy atom. The number of hydrogen-bond donors (Lipinski definition) is 1. The molecule has 1 aromatic rings. The first-order valence-electron chi connectivity index (χ1n) is 4.02. The van der Waals surface area contributed by atoms with Crippen molar-refractivity contribution < 1.29 is 0 Å². The minimum atomic E-state index is 0.219. The van der Waals surface area contributed by atoms with Crippen molar-refractivity contribution in [3.63, 3.8) is 0 Å². The molecule has 12 heavy (non-hydrogen) atoms. The number of hydrogen-bond acceptors (Lipinski definition) is 3. The van der Waals surface area contributed by atoms with E-state index in [0.29, 0.717) is 0 Å². The number of nitrogens with zero attached hydrogens (tertiary/aromatic N) is 1. The summed E-state index contributed by atoms with van der Waals surface area (Å²) in [6, 6.07) is 0.232. The predicted octanol–water partition coefficient (Wildman–Crippen LogP) is 2.28. The molecule has 0 saturated heterocycles. The van der Waals surface area contributed by atoms with Gasteiger partial charge in [0.2, 0.25) is 0 Å². The van der Waals surface area contributed by atoms with E-state index in [-0.39, 0.29) is 11.5 Å². The Bertz CT molecular complexity index is 291. The first kappa shape index (κ1) is 8.66. The summed E-state index contributed by atoms with van der Waals surface area (Å²) in [7, 11) is 0. The van der Waals surface area contributed by atoms with Gasteiger partial charge in [0.25, 0.3) is 0 Å². The van der Waals surface area contributed by atoms with Crippen LogP contribution in [0.25, 0.3) is 0 Å². The summed E-state index contributed by atoms with van der Waals surface area (Å²) in [4.78, 5) is 4.36. The fraction of sp³-hybridized carbons (Fsp3) is 0.625. The molecule has 0 amide bonds. The van der Waals surface area contributed by atoms with E-state index in [9.17, 15) is 0 Å². The van der Waals surface area contributed by atoms with Gasteiger partial charge < -0.3 is 5.73 Å². The minimum absolute atomic E-state index is 0.219. The van der Waals surface area contributed by atoms with Gasteiger partial charge in [-0.25, -0.2) is 4.98 Å².